The van der Waals surface area contributed by atoms with Gasteiger partial charge < -0.3 is 14.6 Å². The Morgan fingerprint density at radius 2 is 1.40 bits per heavy atom. The second kappa shape index (κ2) is 7.41. The molecule has 0 aliphatic heterocycles. The summed E-state index contributed by atoms with van der Waals surface area (Å²) in [6.45, 7) is 0. The Morgan fingerprint density at radius 1 is 0.767 bits per heavy atom. The van der Waals surface area contributed by atoms with Crippen LogP contribution < -0.4 is 5.32 Å². The van der Waals surface area contributed by atoms with Crippen LogP contribution in [-0.4, -0.2) is 17.6 Å². The van der Waals surface area contributed by atoms with E-state index in [1.165, 1.54) is 17.9 Å². The van der Waals surface area contributed by atoms with Gasteiger partial charge in [0.05, 0.1) is 29.4 Å². The molecule has 0 aliphatic carbocycles. The molecular weight excluding hydrogens is 372 g/mol. The molecule has 5 aromatic rings. The molecule has 0 atom stereocenters. The second-order valence-corrected chi connectivity index (χ2v) is 7.08. The average Bonchev–Trinajstić information content (AvgIpc) is 3.14. The monoisotopic (exact) mass is 392 g/mol. The third-order valence-corrected chi connectivity index (χ3v) is 5.30. The topological polar surface area (TPSA) is 43.3 Å². The number of ether oxygens (including phenoxy) is 1. The van der Waals surface area contributed by atoms with Gasteiger partial charge >= 0.3 is 5.97 Å². The second-order valence-electron chi connectivity index (χ2n) is 7.08. The number of nitrogens with zero attached hydrogens (tertiary/aromatic N) is 1. The van der Waals surface area contributed by atoms with Crippen molar-refractivity contribution in [1.82, 2.24) is 4.57 Å². The van der Waals surface area contributed by atoms with Crippen LogP contribution in [0.2, 0.25) is 0 Å². The number of hydrogen-bond acceptors (Lipinski definition) is 3. The Labute approximate surface area is 174 Å². The van der Waals surface area contributed by atoms with Crippen LogP contribution in [0.15, 0.2) is 97.1 Å². The van der Waals surface area contributed by atoms with E-state index in [-0.39, 0.29) is 5.97 Å². The molecule has 30 heavy (non-hydrogen) atoms. The molecule has 1 N–H and O–H groups in total. The predicted molar refractivity (Wildman–Crippen MR) is 122 cm³/mol. The summed E-state index contributed by atoms with van der Waals surface area (Å²) in [5.41, 5.74) is 5.47. The van der Waals surface area contributed by atoms with E-state index in [1.54, 1.807) is 6.07 Å². The number of benzene rings is 4. The van der Waals surface area contributed by atoms with Gasteiger partial charge in [0.1, 0.15) is 0 Å². The number of para-hydroxylation sites is 3. The van der Waals surface area contributed by atoms with Crippen LogP contribution in [0, 0.1) is 0 Å². The Hall–Kier alpha value is -4.05. The fourth-order valence-corrected chi connectivity index (χ4v) is 3.96. The summed E-state index contributed by atoms with van der Waals surface area (Å²) in [7, 11) is 1.39. The van der Waals surface area contributed by atoms with Gasteiger partial charge in [0, 0.05) is 22.1 Å². The minimum Gasteiger partial charge on any atom is -0.465 e. The molecule has 4 aromatic carbocycles. The van der Waals surface area contributed by atoms with Gasteiger partial charge in [-0.1, -0.05) is 54.6 Å². The van der Waals surface area contributed by atoms with E-state index in [4.69, 9.17) is 4.74 Å². The van der Waals surface area contributed by atoms with Crippen LogP contribution in [-0.2, 0) is 4.74 Å². The van der Waals surface area contributed by atoms with Gasteiger partial charge in [-0.05, 0) is 42.5 Å². The van der Waals surface area contributed by atoms with Gasteiger partial charge in [-0.15, -0.1) is 0 Å². The zero-order valence-corrected chi connectivity index (χ0v) is 16.5. The molecule has 4 heteroatoms. The zero-order valence-electron chi connectivity index (χ0n) is 16.5. The van der Waals surface area contributed by atoms with Crippen molar-refractivity contribution < 1.29 is 9.53 Å². The number of nitrogens with one attached hydrogen (secondary N) is 1. The first-order chi connectivity index (χ1) is 14.8. The Balaban J connectivity index is 1.63. The first-order valence-corrected chi connectivity index (χ1v) is 9.79. The van der Waals surface area contributed by atoms with E-state index in [2.05, 4.69) is 70.5 Å². The minimum absolute atomic E-state index is 0.364. The highest BCUT2D eigenvalue weighted by Gasteiger charge is 2.13. The summed E-state index contributed by atoms with van der Waals surface area (Å²) < 4.78 is 7.18. The van der Waals surface area contributed by atoms with Crippen molar-refractivity contribution in [1.29, 1.82) is 0 Å². The maximum atomic E-state index is 12.1. The number of esters is 1. The largest absolute Gasteiger partial charge is 0.465 e. The quantitative estimate of drug-likeness (QED) is 0.364. The Morgan fingerprint density at radius 3 is 2.10 bits per heavy atom. The Kier molecular flexibility index (Phi) is 4.45. The van der Waals surface area contributed by atoms with Gasteiger partial charge in [-0.3, -0.25) is 0 Å². The van der Waals surface area contributed by atoms with E-state index < -0.39 is 0 Å². The molecule has 146 valence electrons. The number of fused-ring (bicyclic) bond motifs is 3. The van der Waals surface area contributed by atoms with Crippen molar-refractivity contribution in [3.05, 3.63) is 103 Å². The van der Waals surface area contributed by atoms with Crippen LogP contribution in [0.5, 0.6) is 0 Å². The molecule has 1 heterocycles. The van der Waals surface area contributed by atoms with Gasteiger partial charge in [0.15, 0.2) is 0 Å². The van der Waals surface area contributed by atoms with Crippen molar-refractivity contribution in [3.63, 3.8) is 0 Å². The number of hydrogen-bond donors (Lipinski definition) is 1. The molecule has 5 rings (SSSR count). The number of aromatic nitrogens is 1. The van der Waals surface area contributed by atoms with E-state index in [0.29, 0.717) is 11.3 Å². The molecule has 1 aromatic heterocycles. The van der Waals surface area contributed by atoms with Crippen molar-refractivity contribution in [2.75, 3.05) is 12.4 Å². The third kappa shape index (κ3) is 2.99. The lowest BCUT2D eigenvalue weighted by Gasteiger charge is -2.13. The molecule has 0 saturated carbocycles. The lowest BCUT2D eigenvalue weighted by atomic mass is 10.1. The lowest BCUT2D eigenvalue weighted by Crippen LogP contribution is -2.05. The maximum Gasteiger partial charge on any atom is 0.339 e. The van der Waals surface area contributed by atoms with Crippen LogP contribution in [0.3, 0.4) is 0 Å². The van der Waals surface area contributed by atoms with Crippen LogP contribution in [0.4, 0.5) is 11.4 Å². The molecule has 0 radical (unpaired) electrons. The van der Waals surface area contributed by atoms with Crippen LogP contribution in [0.1, 0.15) is 10.4 Å². The molecule has 0 fully saturated rings. The summed E-state index contributed by atoms with van der Waals surface area (Å²) >= 11 is 0. The van der Waals surface area contributed by atoms with Crippen molar-refractivity contribution in [2.24, 2.45) is 0 Å². The Bertz CT molecular complexity index is 1330. The summed E-state index contributed by atoms with van der Waals surface area (Å²) in [6, 6.07) is 32.4. The van der Waals surface area contributed by atoms with E-state index in [9.17, 15) is 4.79 Å². The number of rotatable bonds is 4. The summed E-state index contributed by atoms with van der Waals surface area (Å²) in [5.74, 6) is -0.364. The van der Waals surface area contributed by atoms with E-state index >= 15 is 0 Å². The molecule has 0 saturated heterocycles. The smallest absolute Gasteiger partial charge is 0.339 e. The number of carbonyl (C=O) groups is 1. The highest BCUT2D eigenvalue weighted by molar-refractivity contribution is 6.09. The highest BCUT2D eigenvalue weighted by Crippen LogP contribution is 2.33. The van der Waals surface area contributed by atoms with Gasteiger partial charge in [0.25, 0.3) is 0 Å². The maximum absolute atomic E-state index is 12.1. The molecular formula is C26H20N2O2. The van der Waals surface area contributed by atoms with Crippen molar-refractivity contribution in [3.8, 4) is 5.69 Å². The van der Waals surface area contributed by atoms with Crippen LogP contribution >= 0.6 is 0 Å². The van der Waals surface area contributed by atoms with Crippen LogP contribution in [0.25, 0.3) is 27.5 Å². The third-order valence-electron chi connectivity index (χ3n) is 5.30. The molecule has 0 aliphatic rings. The molecule has 4 nitrogen and oxygen atoms in total. The summed E-state index contributed by atoms with van der Waals surface area (Å²) in [5, 5.41) is 5.82. The normalized spacial score (nSPS) is 11.0. The molecule has 0 unspecified atom stereocenters. The summed E-state index contributed by atoms with van der Waals surface area (Å²) in [4.78, 5) is 12.1. The molecule has 0 spiro atoms. The number of anilines is 2. The SMILES string of the molecule is COC(=O)c1ccccc1Nc1cccc(-n2c3ccccc3c3ccccc32)c1. The fraction of sp³-hybridized carbons (Fsp3) is 0.0385. The van der Waals surface area contributed by atoms with E-state index in [1.807, 2.05) is 30.3 Å². The predicted octanol–water partition coefficient (Wildman–Crippen LogP) is 6.31. The molecule has 0 amide bonds. The highest BCUT2D eigenvalue weighted by atomic mass is 16.5. The first-order valence-electron chi connectivity index (χ1n) is 9.79. The fourth-order valence-electron chi connectivity index (χ4n) is 3.96. The lowest BCUT2D eigenvalue weighted by molar-refractivity contribution is 0.0602. The molecule has 0 bridgehead atoms. The minimum atomic E-state index is -0.364. The van der Waals surface area contributed by atoms with Gasteiger partial charge in [-0.25, -0.2) is 4.79 Å². The van der Waals surface area contributed by atoms with Gasteiger partial charge in [0.2, 0.25) is 0 Å². The number of methoxy groups -OCH3 is 1. The summed E-state index contributed by atoms with van der Waals surface area (Å²) in [6.07, 6.45) is 0. The van der Waals surface area contributed by atoms with Gasteiger partial charge in [-0.2, -0.15) is 0 Å². The standard InChI is InChI=1S/C26H20N2O2/c1-30-26(29)22-13-2-5-14-23(22)27-18-9-8-10-19(17-18)28-24-15-6-3-11-20(24)21-12-4-7-16-25(21)28/h2-17,27H,1H3. The van der Waals surface area contributed by atoms with Crippen molar-refractivity contribution >= 4 is 39.1 Å². The zero-order chi connectivity index (χ0) is 20.5. The van der Waals surface area contributed by atoms with E-state index in [0.717, 1.165) is 22.4 Å². The average molecular weight is 392 g/mol. The van der Waals surface area contributed by atoms with Crippen molar-refractivity contribution in [2.45, 2.75) is 0 Å². The first kappa shape index (κ1) is 18.0. The number of carbonyl (C=O) groups excluding carboxylic acids is 1.